The van der Waals surface area contributed by atoms with Crippen molar-refractivity contribution in [3.05, 3.63) is 35.9 Å². The number of nitrogens with one attached hydrogen (secondary N) is 2. The lowest BCUT2D eigenvalue weighted by Gasteiger charge is -2.44. The Hall–Kier alpha value is -3.55. The van der Waals surface area contributed by atoms with E-state index >= 15 is 0 Å². The molecule has 3 rings (SSSR count). The van der Waals surface area contributed by atoms with Crippen LogP contribution < -0.4 is 16.4 Å². The van der Waals surface area contributed by atoms with E-state index in [4.69, 9.17) is 15.2 Å². The van der Waals surface area contributed by atoms with E-state index in [9.17, 15) is 29.1 Å². The van der Waals surface area contributed by atoms with Crippen LogP contribution in [0.15, 0.2) is 30.3 Å². The third kappa shape index (κ3) is 11.1. The lowest BCUT2D eigenvalue weighted by atomic mass is 9.69. The summed E-state index contributed by atoms with van der Waals surface area (Å²) < 4.78 is 12.1. The SMILES string of the molecule is CO[C@H]([C@@H](C)C(=O)N[C@](Cc1ccccc1)(C(=O)O)C(C)(C)C)[C@@H]1CCCN1C(=O)C[C@@H](OC)[C@H](C1CCCCC1)N(C)C(=O)[C@@H](NC(=O)C(C)(C)N)C(C)C. The molecule has 0 spiro atoms. The molecule has 0 unspecified atom stereocenters. The van der Waals surface area contributed by atoms with Crippen molar-refractivity contribution in [3.8, 4) is 0 Å². The van der Waals surface area contributed by atoms with Crippen LogP contribution in [0.1, 0.15) is 112 Å². The lowest BCUT2D eigenvalue weighted by Crippen LogP contribution is -2.65. The Kier molecular flexibility index (Phi) is 16.5. The van der Waals surface area contributed by atoms with Gasteiger partial charge in [-0.25, -0.2) is 4.79 Å². The van der Waals surface area contributed by atoms with Gasteiger partial charge in [-0.2, -0.15) is 0 Å². The van der Waals surface area contributed by atoms with Crippen LogP contribution in [0.3, 0.4) is 0 Å². The number of hydrogen-bond acceptors (Lipinski definition) is 8. The molecular weight excluding hydrogens is 714 g/mol. The Bertz CT molecular complexity index is 1480. The smallest absolute Gasteiger partial charge is 0.330 e. The van der Waals surface area contributed by atoms with Gasteiger partial charge in [-0.05, 0) is 62.3 Å². The second-order valence-electron chi connectivity index (χ2n) is 18.1. The second-order valence-corrected chi connectivity index (χ2v) is 18.1. The van der Waals surface area contributed by atoms with Gasteiger partial charge >= 0.3 is 5.97 Å². The Morgan fingerprint density at radius 3 is 2.04 bits per heavy atom. The van der Waals surface area contributed by atoms with Crippen LogP contribution in [0.4, 0.5) is 0 Å². The molecule has 13 heteroatoms. The van der Waals surface area contributed by atoms with Crippen LogP contribution in [-0.4, -0.2) is 114 Å². The number of likely N-dealkylation sites (tertiary alicyclic amines) is 1. The molecule has 4 amide bonds. The van der Waals surface area contributed by atoms with Crippen LogP contribution in [0.5, 0.6) is 0 Å². The fourth-order valence-electron chi connectivity index (χ4n) is 8.65. The summed E-state index contributed by atoms with van der Waals surface area (Å²) in [6, 6.07) is 7.54. The highest BCUT2D eigenvalue weighted by molar-refractivity contribution is 5.92. The van der Waals surface area contributed by atoms with E-state index in [1.54, 1.807) is 65.5 Å². The summed E-state index contributed by atoms with van der Waals surface area (Å²) in [4.78, 5) is 72.2. The number of amides is 4. The fourth-order valence-corrected chi connectivity index (χ4v) is 8.65. The van der Waals surface area contributed by atoms with E-state index < -0.39 is 70.5 Å². The number of ether oxygens (including phenoxy) is 2. The summed E-state index contributed by atoms with van der Waals surface area (Å²) >= 11 is 0. The van der Waals surface area contributed by atoms with Gasteiger partial charge in [0.25, 0.3) is 0 Å². The summed E-state index contributed by atoms with van der Waals surface area (Å²) in [6.07, 6.45) is 4.91. The van der Waals surface area contributed by atoms with Crippen LogP contribution in [0.25, 0.3) is 0 Å². The van der Waals surface area contributed by atoms with Gasteiger partial charge in [-0.1, -0.05) is 91.1 Å². The zero-order chi connectivity index (χ0) is 42.2. The quantitative estimate of drug-likeness (QED) is 0.166. The maximum Gasteiger partial charge on any atom is 0.330 e. The highest BCUT2D eigenvalue weighted by atomic mass is 16.5. The Balaban J connectivity index is 1.88. The summed E-state index contributed by atoms with van der Waals surface area (Å²) in [6.45, 7) is 14.5. The van der Waals surface area contributed by atoms with E-state index in [-0.39, 0.29) is 36.5 Å². The number of hydrogen-bond donors (Lipinski definition) is 4. The topological polar surface area (TPSA) is 181 Å². The van der Waals surface area contributed by atoms with Gasteiger partial charge in [-0.15, -0.1) is 0 Å². The lowest BCUT2D eigenvalue weighted by molar-refractivity contribution is -0.155. The first kappa shape index (κ1) is 46.8. The Labute approximate surface area is 335 Å². The van der Waals surface area contributed by atoms with Crippen LogP contribution in [0, 0.1) is 23.2 Å². The molecule has 316 valence electrons. The van der Waals surface area contributed by atoms with Crippen molar-refractivity contribution >= 4 is 29.6 Å². The molecule has 1 aromatic carbocycles. The van der Waals surface area contributed by atoms with E-state index in [0.29, 0.717) is 19.4 Å². The molecule has 0 radical (unpaired) electrons. The zero-order valence-electron chi connectivity index (χ0n) is 35.9. The molecule has 1 aromatic rings. The first-order valence-corrected chi connectivity index (χ1v) is 20.4. The molecular formula is C43H71N5O8. The van der Waals surface area contributed by atoms with Crippen LogP contribution in [0.2, 0.25) is 0 Å². The zero-order valence-corrected chi connectivity index (χ0v) is 35.9. The summed E-state index contributed by atoms with van der Waals surface area (Å²) in [7, 11) is 4.82. The number of nitrogens with zero attached hydrogens (tertiary/aromatic N) is 2. The molecule has 7 atom stereocenters. The molecule has 5 N–H and O–H groups in total. The number of likely N-dealkylation sites (N-methyl/N-ethyl adjacent to an activating group) is 1. The predicted molar refractivity (Wildman–Crippen MR) is 216 cm³/mol. The Morgan fingerprint density at radius 1 is 0.929 bits per heavy atom. The molecule has 1 saturated carbocycles. The van der Waals surface area contributed by atoms with Crippen molar-refractivity contribution in [3.63, 3.8) is 0 Å². The largest absolute Gasteiger partial charge is 0.479 e. The van der Waals surface area contributed by atoms with E-state index in [0.717, 1.165) is 37.7 Å². The molecule has 56 heavy (non-hydrogen) atoms. The maximum absolute atomic E-state index is 14.4. The van der Waals surface area contributed by atoms with Crippen molar-refractivity contribution in [2.24, 2.45) is 28.9 Å². The van der Waals surface area contributed by atoms with Crippen LogP contribution in [-0.2, 0) is 39.9 Å². The van der Waals surface area contributed by atoms with Gasteiger partial charge in [0, 0.05) is 34.2 Å². The van der Waals surface area contributed by atoms with E-state index in [1.165, 1.54) is 7.11 Å². The van der Waals surface area contributed by atoms with Crippen molar-refractivity contribution in [1.82, 2.24) is 20.4 Å². The number of methoxy groups -OCH3 is 2. The number of rotatable bonds is 18. The van der Waals surface area contributed by atoms with Gasteiger partial charge < -0.3 is 40.7 Å². The molecule has 1 aliphatic heterocycles. The number of aliphatic carboxylic acids is 1. The van der Waals surface area contributed by atoms with Crippen molar-refractivity contribution in [2.75, 3.05) is 27.8 Å². The highest BCUT2D eigenvalue weighted by Gasteiger charge is 2.52. The molecule has 1 heterocycles. The van der Waals surface area contributed by atoms with Gasteiger partial charge in [0.15, 0.2) is 0 Å². The summed E-state index contributed by atoms with van der Waals surface area (Å²) in [5.74, 6) is -3.39. The fraction of sp³-hybridized carbons (Fsp3) is 0.744. The van der Waals surface area contributed by atoms with Crippen molar-refractivity contribution < 1.29 is 38.6 Å². The minimum Gasteiger partial charge on any atom is -0.479 e. The van der Waals surface area contributed by atoms with Crippen LogP contribution >= 0.6 is 0 Å². The molecule has 0 bridgehead atoms. The monoisotopic (exact) mass is 786 g/mol. The van der Waals surface area contributed by atoms with Gasteiger partial charge in [0.05, 0.1) is 42.2 Å². The molecule has 2 aliphatic rings. The normalized spacial score (nSPS) is 20.7. The number of carbonyl (C=O) groups is 5. The maximum atomic E-state index is 14.4. The molecule has 2 fully saturated rings. The van der Waals surface area contributed by atoms with E-state index in [2.05, 4.69) is 10.6 Å². The third-order valence-electron chi connectivity index (χ3n) is 12.3. The highest BCUT2D eigenvalue weighted by Crippen LogP contribution is 2.37. The first-order valence-electron chi connectivity index (χ1n) is 20.4. The number of carbonyl (C=O) groups excluding carboxylic acids is 4. The Morgan fingerprint density at radius 2 is 1.54 bits per heavy atom. The van der Waals surface area contributed by atoms with Gasteiger partial charge in [-0.3, -0.25) is 19.2 Å². The van der Waals surface area contributed by atoms with Crippen molar-refractivity contribution in [1.29, 1.82) is 0 Å². The average Bonchev–Trinajstić information content (AvgIpc) is 3.62. The molecule has 1 aliphatic carbocycles. The first-order chi connectivity index (χ1) is 26.1. The number of benzene rings is 1. The average molecular weight is 786 g/mol. The molecule has 1 saturated heterocycles. The number of nitrogens with two attached hydrogens (primary N) is 1. The second kappa shape index (κ2) is 19.7. The standard InChI is InChI=1S/C43H71N5O8/c1-27(2)34(45-39(52)42(7,8)44)38(51)47(9)35(30-21-16-13-17-22-30)32(55-10)25-33(49)48-24-18-23-31(48)36(56-11)28(3)37(50)46-43(40(53)54,41(4,5)6)26-29-19-14-12-15-20-29/h12,14-15,19-20,27-28,30-32,34-36H,13,16-18,21-26,44H2,1-11H3,(H,45,52)(H,46,50)(H,53,54)/t28-,31+,32-,34+,35+,36-,43-/m1/s1. The minimum absolute atomic E-state index is 0.000554. The molecule has 13 nitrogen and oxygen atoms in total. The minimum atomic E-state index is -1.62. The third-order valence-corrected chi connectivity index (χ3v) is 12.3. The summed E-state index contributed by atoms with van der Waals surface area (Å²) in [5, 5.41) is 16.5. The number of carboxylic acid groups (broad SMARTS) is 1. The molecule has 0 aromatic heterocycles. The number of carboxylic acids is 1. The van der Waals surface area contributed by atoms with E-state index in [1.807, 2.05) is 44.2 Å². The summed E-state index contributed by atoms with van der Waals surface area (Å²) in [5.41, 5.74) is 3.20. The van der Waals surface area contributed by atoms with Crippen molar-refractivity contribution in [2.45, 2.75) is 155 Å². The predicted octanol–water partition coefficient (Wildman–Crippen LogP) is 4.55. The van der Waals surface area contributed by atoms with Gasteiger partial charge in [0.1, 0.15) is 11.6 Å². The van der Waals surface area contributed by atoms with Gasteiger partial charge in [0.2, 0.25) is 23.6 Å².